The van der Waals surface area contributed by atoms with Gasteiger partial charge in [-0.1, -0.05) is 0 Å². The molecule has 16 unspecified atom stereocenters. The highest BCUT2D eigenvalue weighted by Gasteiger charge is 2.62. The lowest BCUT2D eigenvalue weighted by atomic mass is 9.73. The highest BCUT2D eigenvalue weighted by atomic mass is 16.7. The lowest BCUT2D eigenvalue weighted by Gasteiger charge is -2.59. The molecule has 0 aromatic heterocycles. The van der Waals surface area contributed by atoms with E-state index in [0.717, 1.165) is 0 Å². The van der Waals surface area contributed by atoms with E-state index in [-0.39, 0.29) is 0 Å². The van der Waals surface area contributed by atoms with Crippen LogP contribution in [-0.4, -0.2) is 158 Å². The summed E-state index contributed by atoms with van der Waals surface area (Å²) in [6, 6.07) is 0. The Balaban J connectivity index is 1.50. The van der Waals surface area contributed by atoms with Crippen LogP contribution < -0.4 is 0 Å². The maximum atomic E-state index is 10.5. The monoisotopic (exact) mass is 498 g/mol. The van der Waals surface area contributed by atoms with Gasteiger partial charge >= 0.3 is 0 Å². The lowest BCUT2D eigenvalue weighted by Crippen LogP contribution is -2.74. The second-order valence-electron chi connectivity index (χ2n) is 9.30. The summed E-state index contributed by atoms with van der Waals surface area (Å²) in [5, 5.41) is 89.7. The molecule has 0 amide bonds. The van der Waals surface area contributed by atoms with Crippen LogP contribution in [-0.2, 0) is 23.7 Å². The van der Waals surface area contributed by atoms with Crippen molar-refractivity contribution < 1.29 is 69.6 Å². The number of fused-ring (bicyclic) bond motifs is 1. The summed E-state index contributed by atoms with van der Waals surface area (Å²) in [5.74, 6) is -0.613. The molecular weight excluding hydrogens is 464 g/mol. The molecule has 0 aromatic rings. The van der Waals surface area contributed by atoms with Crippen LogP contribution in [0.3, 0.4) is 0 Å². The smallest absolute Gasteiger partial charge is 0.187 e. The number of hydrogen-bond acceptors (Lipinski definition) is 14. The molecule has 4 aliphatic heterocycles. The fourth-order valence-electron chi connectivity index (χ4n) is 5.28. The Bertz CT molecular complexity index is 680. The molecule has 9 N–H and O–H groups in total. The van der Waals surface area contributed by atoms with Gasteiger partial charge in [0.2, 0.25) is 0 Å². The molecule has 0 aliphatic carbocycles. The Morgan fingerprint density at radius 1 is 0.559 bits per heavy atom. The quantitative estimate of drug-likeness (QED) is 0.166. The molecule has 4 rings (SSSR count). The number of aliphatic hydroxyl groups excluding tert-OH is 9. The molecule has 0 saturated carbocycles. The van der Waals surface area contributed by atoms with Gasteiger partial charge in [0.1, 0.15) is 61.0 Å². The van der Waals surface area contributed by atoms with E-state index in [4.69, 9.17) is 23.7 Å². The number of hydrogen-bond donors (Lipinski definition) is 9. The highest BCUT2D eigenvalue weighted by Crippen LogP contribution is 2.46. The molecule has 14 nitrogen and oxygen atoms in total. The average Bonchev–Trinajstić information content (AvgIpc) is 2.81. The summed E-state index contributed by atoms with van der Waals surface area (Å²) in [6.45, 7) is -0.00836. The minimum absolute atomic E-state index is 0.407. The van der Waals surface area contributed by atoms with Crippen LogP contribution in [0.2, 0.25) is 0 Å². The van der Waals surface area contributed by atoms with E-state index in [1.165, 1.54) is 0 Å². The number of rotatable bonds is 6. The molecule has 0 radical (unpaired) electrons. The van der Waals surface area contributed by atoms with Gasteiger partial charge in [0.15, 0.2) is 6.29 Å². The van der Waals surface area contributed by atoms with Crippen LogP contribution in [0.4, 0.5) is 0 Å². The van der Waals surface area contributed by atoms with Crippen molar-refractivity contribution in [2.75, 3.05) is 19.8 Å². The van der Waals surface area contributed by atoms with Crippen molar-refractivity contribution in [1.82, 2.24) is 0 Å². The maximum absolute atomic E-state index is 10.5. The van der Waals surface area contributed by atoms with Gasteiger partial charge < -0.3 is 69.6 Å². The van der Waals surface area contributed by atoms with Gasteiger partial charge in [-0.05, 0) is 6.92 Å². The molecule has 4 saturated heterocycles. The zero-order valence-electron chi connectivity index (χ0n) is 18.4. The van der Waals surface area contributed by atoms with Gasteiger partial charge in [-0.2, -0.15) is 0 Å². The van der Waals surface area contributed by atoms with Crippen molar-refractivity contribution >= 4 is 0 Å². The first-order valence-electron chi connectivity index (χ1n) is 11.3. The van der Waals surface area contributed by atoms with Crippen LogP contribution in [0.15, 0.2) is 0 Å². The first-order valence-corrected chi connectivity index (χ1v) is 11.3. The van der Waals surface area contributed by atoms with Crippen molar-refractivity contribution in [1.29, 1.82) is 0 Å². The number of aliphatic hydroxyl groups is 9. The Labute approximate surface area is 194 Å². The van der Waals surface area contributed by atoms with Crippen LogP contribution in [0.1, 0.15) is 6.92 Å². The van der Waals surface area contributed by atoms with E-state index >= 15 is 0 Å². The molecule has 4 fully saturated rings. The fourth-order valence-corrected chi connectivity index (χ4v) is 5.28. The topological polar surface area (TPSA) is 228 Å². The zero-order valence-corrected chi connectivity index (χ0v) is 18.4. The van der Waals surface area contributed by atoms with E-state index in [1.807, 2.05) is 0 Å². The van der Waals surface area contributed by atoms with Gasteiger partial charge in [-0.3, -0.25) is 0 Å². The Morgan fingerprint density at radius 2 is 1.12 bits per heavy atom. The van der Waals surface area contributed by atoms with Crippen molar-refractivity contribution in [3.05, 3.63) is 0 Å². The molecule has 0 bridgehead atoms. The van der Waals surface area contributed by atoms with Gasteiger partial charge in [-0.15, -0.1) is 0 Å². The molecule has 0 aromatic carbocycles. The molecule has 4 aliphatic rings. The van der Waals surface area contributed by atoms with Crippen molar-refractivity contribution in [3.63, 3.8) is 0 Å². The zero-order chi connectivity index (χ0) is 24.9. The summed E-state index contributed by atoms with van der Waals surface area (Å²) >= 11 is 0. The van der Waals surface area contributed by atoms with Crippen LogP contribution >= 0.6 is 0 Å². The predicted octanol–water partition coefficient (Wildman–Crippen LogP) is -5.82. The first kappa shape index (κ1) is 26.5. The third-order valence-corrected chi connectivity index (χ3v) is 7.25. The summed E-state index contributed by atoms with van der Waals surface area (Å²) < 4.78 is 28.7. The largest absolute Gasteiger partial charge is 0.394 e. The molecule has 16 atom stereocenters. The van der Waals surface area contributed by atoms with E-state index in [1.54, 1.807) is 6.92 Å². The van der Waals surface area contributed by atoms with Crippen LogP contribution in [0.25, 0.3) is 0 Å². The van der Waals surface area contributed by atoms with E-state index in [0.29, 0.717) is 0 Å². The molecule has 0 spiro atoms. The normalized spacial score (nSPS) is 55.9. The number of ether oxygens (including phenoxy) is 5. The minimum atomic E-state index is -1.64. The Hall–Kier alpha value is -0.560. The third-order valence-electron chi connectivity index (χ3n) is 7.25. The van der Waals surface area contributed by atoms with Crippen molar-refractivity contribution in [2.45, 2.75) is 98.7 Å². The summed E-state index contributed by atoms with van der Waals surface area (Å²) in [4.78, 5) is 0. The second kappa shape index (κ2) is 10.4. The molecule has 4 heterocycles. The molecular formula is C20H34O14. The van der Waals surface area contributed by atoms with Crippen LogP contribution in [0.5, 0.6) is 0 Å². The summed E-state index contributed by atoms with van der Waals surface area (Å²) in [5.41, 5.74) is 0. The highest BCUT2D eigenvalue weighted by molar-refractivity contribution is 5.09. The second-order valence-corrected chi connectivity index (χ2v) is 9.30. The van der Waals surface area contributed by atoms with Gasteiger partial charge in [-0.25, -0.2) is 0 Å². The minimum Gasteiger partial charge on any atom is -0.394 e. The molecule has 198 valence electrons. The summed E-state index contributed by atoms with van der Waals surface area (Å²) in [6.07, 6.45) is -18.4. The van der Waals surface area contributed by atoms with Crippen LogP contribution in [0, 0.1) is 5.92 Å². The van der Waals surface area contributed by atoms with Gasteiger partial charge in [0, 0.05) is 5.92 Å². The fraction of sp³-hybridized carbons (Fsp3) is 1.00. The maximum Gasteiger partial charge on any atom is 0.187 e. The lowest BCUT2D eigenvalue weighted by molar-refractivity contribution is -0.389. The predicted molar refractivity (Wildman–Crippen MR) is 106 cm³/mol. The van der Waals surface area contributed by atoms with E-state index < -0.39 is 117 Å². The SMILES string of the molecule is CC1OC(CO)C2C(OC2C2OC(CO)C(O)C(O)C2O)C1OC1OC(CO)C(O)C(O)C1O. The summed E-state index contributed by atoms with van der Waals surface area (Å²) in [7, 11) is 0. The van der Waals surface area contributed by atoms with E-state index in [2.05, 4.69) is 0 Å². The van der Waals surface area contributed by atoms with Gasteiger partial charge in [0.25, 0.3) is 0 Å². The van der Waals surface area contributed by atoms with Gasteiger partial charge in [0.05, 0.1) is 44.2 Å². The first-order chi connectivity index (χ1) is 16.1. The Morgan fingerprint density at radius 3 is 1.71 bits per heavy atom. The third kappa shape index (κ3) is 4.39. The molecule has 14 heteroatoms. The van der Waals surface area contributed by atoms with E-state index in [9.17, 15) is 46.0 Å². The Kier molecular flexibility index (Phi) is 8.13. The van der Waals surface area contributed by atoms with Crippen molar-refractivity contribution in [3.8, 4) is 0 Å². The molecule has 34 heavy (non-hydrogen) atoms. The standard InChI is InChI=1S/C20H34O14/c1-5-16(34-20-15(29)13(27)11(25)8(4-23)32-20)17-9(6(2-21)30-5)18(33-17)19-14(28)12(26)10(24)7(3-22)31-19/h5-29H,2-4H2,1H3. The average molecular weight is 498 g/mol. The van der Waals surface area contributed by atoms with Crippen molar-refractivity contribution in [2.24, 2.45) is 5.92 Å².